The van der Waals surface area contributed by atoms with Crippen LogP contribution in [0.4, 0.5) is 5.69 Å². The largest absolute Gasteiger partial charge is 0.483 e. The molecule has 2 N–H and O–H groups in total. The van der Waals surface area contributed by atoms with Crippen LogP contribution in [0.25, 0.3) is 0 Å². The number of benzene rings is 1. The van der Waals surface area contributed by atoms with Crippen LogP contribution >= 0.6 is 11.6 Å². The molecule has 2 saturated carbocycles. The van der Waals surface area contributed by atoms with Gasteiger partial charge in [-0.3, -0.25) is 10.1 Å². The standard InChI is InChI=1S/C15H19ClN2O3/c16-10-4-5-11(18(19)20)12(8-10)21-14-9-13(17)15(14)6-2-1-3-7-15/h4-5,8,13-14H,1-3,6-7,9,17H2. The van der Waals surface area contributed by atoms with E-state index in [1.54, 1.807) is 0 Å². The summed E-state index contributed by atoms with van der Waals surface area (Å²) in [5.74, 6) is 0.259. The number of ether oxygens (including phenoxy) is 1. The molecule has 2 fully saturated rings. The van der Waals surface area contributed by atoms with Crippen molar-refractivity contribution in [3.05, 3.63) is 33.3 Å². The third-order valence-corrected chi connectivity index (χ3v) is 5.26. The number of nitrogens with zero attached hydrogens (tertiary/aromatic N) is 1. The maximum atomic E-state index is 11.1. The molecule has 5 nitrogen and oxygen atoms in total. The first-order chi connectivity index (χ1) is 10.0. The van der Waals surface area contributed by atoms with Gasteiger partial charge in [0.2, 0.25) is 0 Å². The fourth-order valence-electron chi connectivity index (χ4n) is 3.73. The van der Waals surface area contributed by atoms with Crippen molar-refractivity contribution in [2.24, 2.45) is 11.1 Å². The molecule has 2 aliphatic rings. The zero-order valence-electron chi connectivity index (χ0n) is 11.8. The quantitative estimate of drug-likeness (QED) is 0.682. The summed E-state index contributed by atoms with van der Waals surface area (Å²) in [6.07, 6.45) is 6.36. The smallest absolute Gasteiger partial charge is 0.311 e. The van der Waals surface area contributed by atoms with Gasteiger partial charge in [-0.15, -0.1) is 0 Å². The Morgan fingerprint density at radius 3 is 2.67 bits per heavy atom. The van der Waals surface area contributed by atoms with Crippen molar-refractivity contribution < 1.29 is 9.66 Å². The fourth-order valence-corrected chi connectivity index (χ4v) is 3.90. The Labute approximate surface area is 128 Å². The first-order valence-corrected chi connectivity index (χ1v) is 7.77. The molecule has 21 heavy (non-hydrogen) atoms. The predicted molar refractivity (Wildman–Crippen MR) is 80.6 cm³/mol. The molecule has 0 amide bonds. The number of hydrogen-bond acceptors (Lipinski definition) is 4. The van der Waals surface area contributed by atoms with Gasteiger partial charge in [-0.05, 0) is 18.9 Å². The molecule has 0 saturated heterocycles. The summed E-state index contributed by atoms with van der Waals surface area (Å²) >= 11 is 5.94. The molecule has 0 aromatic heterocycles. The Balaban J connectivity index is 1.84. The van der Waals surface area contributed by atoms with E-state index < -0.39 is 4.92 Å². The molecule has 2 atom stereocenters. The third-order valence-electron chi connectivity index (χ3n) is 5.02. The number of nitro groups is 1. The van der Waals surface area contributed by atoms with Crippen molar-refractivity contribution in [2.45, 2.75) is 50.7 Å². The second-order valence-electron chi connectivity index (χ2n) is 6.11. The minimum absolute atomic E-state index is 0.00552. The normalized spacial score (nSPS) is 27.1. The molecule has 0 bridgehead atoms. The van der Waals surface area contributed by atoms with Crippen LogP contribution in [0.5, 0.6) is 5.75 Å². The molecule has 1 aromatic carbocycles. The molecule has 0 radical (unpaired) electrons. The molecular formula is C15H19ClN2O3. The van der Waals surface area contributed by atoms with Crippen molar-refractivity contribution >= 4 is 17.3 Å². The summed E-state index contributed by atoms with van der Waals surface area (Å²) in [7, 11) is 0. The van der Waals surface area contributed by atoms with Crippen molar-refractivity contribution in [1.82, 2.24) is 0 Å². The van der Waals surface area contributed by atoms with Crippen molar-refractivity contribution in [1.29, 1.82) is 0 Å². The van der Waals surface area contributed by atoms with Crippen LogP contribution in [-0.4, -0.2) is 17.1 Å². The minimum Gasteiger partial charge on any atom is -0.483 e. The van der Waals surface area contributed by atoms with Gasteiger partial charge in [0.1, 0.15) is 6.10 Å². The second-order valence-corrected chi connectivity index (χ2v) is 6.55. The number of rotatable bonds is 3. The van der Waals surface area contributed by atoms with Gasteiger partial charge in [-0.2, -0.15) is 0 Å². The maximum Gasteiger partial charge on any atom is 0.311 e. The van der Waals surface area contributed by atoms with E-state index in [1.807, 2.05) is 0 Å². The minimum atomic E-state index is -0.433. The number of nitro benzene ring substituents is 1. The van der Waals surface area contributed by atoms with E-state index in [-0.39, 0.29) is 29.0 Å². The Morgan fingerprint density at radius 2 is 2.05 bits per heavy atom. The molecule has 114 valence electrons. The van der Waals surface area contributed by atoms with Gasteiger partial charge in [0, 0.05) is 35.0 Å². The van der Waals surface area contributed by atoms with Crippen LogP contribution in [0.15, 0.2) is 18.2 Å². The lowest BCUT2D eigenvalue weighted by atomic mass is 9.55. The van der Waals surface area contributed by atoms with E-state index >= 15 is 0 Å². The number of halogens is 1. The second kappa shape index (κ2) is 5.46. The number of hydrogen-bond donors (Lipinski definition) is 1. The van der Waals surface area contributed by atoms with Crippen LogP contribution in [-0.2, 0) is 0 Å². The van der Waals surface area contributed by atoms with Crippen LogP contribution in [0.3, 0.4) is 0 Å². The van der Waals surface area contributed by atoms with E-state index in [9.17, 15) is 10.1 Å². The Bertz CT molecular complexity index is 558. The molecule has 6 heteroatoms. The van der Waals surface area contributed by atoms with Gasteiger partial charge in [-0.1, -0.05) is 30.9 Å². The maximum absolute atomic E-state index is 11.1. The summed E-state index contributed by atoms with van der Waals surface area (Å²) in [6, 6.07) is 4.57. The Hall–Kier alpha value is -1.33. The van der Waals surface area contributed by atoms with Gasteiger partial charge in [0.05, 0.1) is 4.92 Å². The van der Waals surface area contributed by atoms with Crippen LogP contribution in [0.1, 0.15) is 38.5 Å². The van der Waals surface area contributed by atoms with Crippen LogP contribution < -0.4 is 10.5 Å². The molecule has 1 spiro atoms. The van der Waals surface area contributed by atoms with Gasteiger partial charge >= 0.3 is 5.69 Å². The summed E-state index contributed by atoms with van der Waals surface area (Å²) in [6.45, 7) is 0. The van der Waals surface area contributed by atoms with E-state index in [2.05, 4.69) is 0 Å². The summed E-state index contributed by atoms with van der Waals surface area (Å²) < 4.78 is 5.98. The summed E-state index contributed by atoms with van der Waals surface area (Å²) in [5, 5.41) is 11.6. The zero-order valence-corrected chi connectivity index (χ0v) is 12.5. The van der Waals surface area contributed by atoms with Crippen molar-refractivity contribution in [2.75, 3.05) is 0 Å². The molecule has 3 rings (SSSR count). The Kier molecular flexibility index (Phi) is 3.80. The van der Waals surface area contributed by atoms with E-state index in [0.29, 0.717) is 5.02 Å². The highest BCUT2D eigenvalue weighted by atomic mass is 35.5. The van der Waals surface area contributed by atoms with E-state index in [0.717, 1.165) is 32.1 Å². The monoisotopic (exact) mass is 310 g/mol. The van der Waals surface area contributed by atoms with Gasteiger partial charge in [0.15, 0.2) is 5.75 Å². The lowest BCUT2D eigenvalue weighted by Crippen LogP contribution is -2.64. The SMILES string of the molecule is NC1CC(Oc2cc(Cl)ccc2[N+](=O)[O-])C12CCCCC2. The predicted octanol–water partition coefficient (Wildman–Crippen LogP) is 3.68. The molecule has 0 aliphatic heterocycles. The van der Waals surface area contributed by atoms with Crippen molar-refractivity contribution in [3.63, 3.8) is 0 Å². The first-order valence-electron chi connectivity index (χ1n) is 7.39. The van der Waals surface area contributed by atoms with E-state index in [1.165, 1.54) is 24.6 Å². The fraction of sp³-hybridized carbons (Fsp3) is 0.600. The summed E-state index contributed by atoms with van der Waals surface area (Å²) in [5.41, 5.74) is 6.18. The topological polar surface area (TPSA) is 78.4 Å². The lowest BCUT2D eigenvalue weighted by Gasteiger charge is -2.55. The first kappa shape index (κ1) is 14.6. The zero-order chi connectivity index (χ0) is 15.0. The molecule has 0 heterocycles. The van der Waals surface area contributed by atoms with Gasteiger partial charge < -0.3 is 10.5 Å². The number of nitrogens with two attached hydrogens (primary N) is 1. The van der Waals surface area contributed by atoms with Crippen LogP contribution in [0, 0.1) is 15.5 Å². The highest BCUT2D eigenvalue weighted by Crippen LogP contribution is 2.53. The molecule has 1 aromatic rings. The highest BCUT2D eigenvalue weighted by molar-refractivity contribution is 6.30. The van der Waals surface area contributed by atoms with E-state index in [4.69, 9.17) is 22.1 Å². The lowest BCUT2D eigenvalue weighted by molar-refractivity contribution is -0.386. The third kappa shape index (κ3) is 2.49. The van der Waals surface area contributed by atoms with Gasteiger partial charge in [0.25, 0.3) is 0 Å². The molecule has 2 unspecified atom stereocenters. The van der Waals surface area contributed by atoms with Crippen molar-refractivity contribution in [3.8, 4) is 5.75 Å². The summed E-state index contributed by atoms with van der Waals surface area (Å²) in [4.78, 5) is 10.7. The van der Waals surface area contributed by atoms with Crippen LogP contribution in [0.2, 0.25) is 5.02 Å². The molecular weight excluding hydrogens is 292 g/mol. The average molecular weight is 311 g/mol. The molecule has 2 aliphatic carbocycles. The average Bonchev–Trinajstić information content (AvgIpc) is 2.47. The highest BCUT2D eigenvalue weighted by Gasteiger charge is 2.55. The Morgan fingerprint density at radius 1 is 1.33 bits per heavy atom. The van der Waals surface area contributed by atoms with Gasteiger partial charge in [-0.25, -0.2) is 0 Å².